The molecular formula is C18H21N5O2S. The third-order valence-corrected chi connectivity index (χ3v) is 5.86. The van der Waals surface area contributed by atoms with E-state index in [9.17, 15) is 8.42 Å². The van der Waals surface area contributed by atoms with Gasteiger partial charge in [0.15, 0.2) is 0 Å². The van der Waals surface area contributed by atoms with Crippen LogP contribution in [0.1, 0.15) is 22.5 Å². The van der Waals surface area contributed by atoms with Crippen LogP contribution in [0.25, 0.3) is 0 Å². The predicted octanol–water partition coefficient (Wildman–Crippen LogP) is 3.58. The first-order chi connectivity index (χ1) is 12.3. The summed E-state index contributed by atoms with van der Waals surface area (Å²) >= 11 is 0. The number of anilines is 3. The molecule has 3 rings (SSSR count). The van der Waals surface area contributed by atoms with Crippen LogP contribution in [-0.4, -0.2) is 23.6 Å². The normalized spacial score (nSPS) is 11.4. The van der Waals surface area contributed by atoms with Crippen LogP contribution in [0.2, 0.25) is 0 Å². The van der Waals surface area contributed by atoms with Crippen molar-refractivity contribution < 1.29 is 8.42 Å². The van der Waals surface area contributed by atoms with Crippen LogP contribution in [0.15, 0.2) is 41.4 Å². The number of sulfonamides is 1. The molecule has 0 radical (unpaired) electrons. The Kier molecular flexibility index (Phi) is 4.69. The molecule has 0 fully saturated rings. The molecule has 8 heteroatoms. The Morgan fingerprint density at radius 2 is 1.81 bits per heavy atom. The number of H-pyrrole nitrogens is 1. The summed E-state index contributed by atoms with van der Waals surface area (Å²) in [6, 6.07) is 9.40. The lowest BCUT2D eigenvalue weighted by atomic mass is 10.1. The molecule has 0 saturated carbocycles. The maximum Gasteiger partial charge on any atom is 0.265 e. The lowest BCUT2D eigenvalue weighted by Gasteiger charge is -2.12. The van der Waals surface area contributed by atoms with Crippen LogP contribution in [0, 0.1) is 27.7 Å². The van der Waals surface area contributed by atoms with E-state index in [1.807, 2.05) is 32.0 Å². The van der Waals surface area contributed by atoms with E-state index in [-0.39, 0.29) is 4.90 Å². The average Bonchev–Trinajstić information content (AvgIpc) is 2.93. The molecule has 1 aromatic carbocycles. The number of aryl methyl sites for hydroxylation is 3. The molecule has 0 atom stereocenters. The molecule has 136 valence electrons. The van der Waals surface area contributed by atoms with Gasteiger partial charge in [-0.25, -0.2) is 13.4 Å². The Morgan fingerprint density at radius 3 is 2.42 bits per heavy atom. The van der Waals surface area contributed by atoms with Crippen molar-refractivity contribution >= 4 is 27.2 Å². The van der Waals surface area contributed by atoms with Crippen LogP contribution < -0.4 is 10.0 Å². The Labute approximate surface area is 152 Å². The minimum Gasteiger partial charge on any atom is -0.340 e. The van der Waals surface area contributed by atoms with Gasteiger partial charge in [0.1, 0.15) is 10.7 Å². The van der Waals surface area contributed by atoms with E-state index < -0.39 is 10.0 Å². The van der Waals surface area contributed by atoms with Gasteiger partial charge in [-0.05, 0) is 57.0 Å². The van der Waals surface area contributed by atoms with E-state index in [1.54, 1.807) is 26.0 Å². The SMILES string of the molecule is Cc1cccc(Nc2ccc(NS(=O)(=O)c3c(C)n[nH]c3C)cn2)c1C. The fraction of sp³-hybridized carbons (Fsp3) is 0.222. The fourth-order valence-corrected chi connectivity index (χ4v) is 4.11. The molecule has 2 heterocycles. The Bertz CT molecular complexity index is 1020. The van der Waals surface area contributed by atoms with Crippen LogP contribution in [0.4, 0.5) is 17.2 Å². The molecule has 26 heavy (non-hydrogen) atoms. The van der Waals surface area contributed by atoms with E-state index in [0.717, 1.165) is 11.3 Å². The number of rotatable bonds is 5. The van der Waals surface area contributed by atoms with Gasteiger partial charge in [-0.15, -0.1) is 0 Å². The zero-order valence-corrected chi connectivity index (χ0v) is 15.9. The zero-order chi connectivity index (χ0) is 18.9. The molecule has 0 aliphatic rings. The smallest absolute Gasteiger partial charge is 0.265 e. The van der Waals surface area contributed by atoms with Gasteiger partial charge in [-0.1, -0.05) is 12.1 Å². The highest BCUT2D eigenvalue weighted by molar-refractivity contribution is 7.92. The average molecular weight is 371 g/mol. The number of nitrogens with one attached hydrogen (secondary N) is 3. The third kappa shape index (κ3) is 3.55. The second kappa shape index (κ2) is 6.80. The van der Waals surface area contributed by atoms with Crippen LogP contribution in [-0.2, 0) is 10.0 Å². The van der Waals surface area contributed by atoms with E-state index in [4.69, 9.17) is 0 Å². The summed E-state index contributed by atoms with van der Waals surface area (Å²) in [6.07, 6.45) is 1.48. The van der Waals surface area contributed by atoms with Crippen molar-refractivity contribution in [3.8, 4) is 0 Å². The maximum absolute atomic E-state index is 12.5. The lowest BCUT2D eigenvalue weighted by molar-refractivity contribution is 0.600. The third-order valence-electron chi connectivity index (χ3n) is 4.21. The summed E-state index contributed by atoms with van der Waals surface area (Å²) < 4.78 is 27.6. The molecule has 7 nitrogen and oxygen atoms in total. The highest BCUT2D eigenvalue weighted by Gasteiger charge is 2.22. The maximum atomic E-state index is 12.5. The second-order valence-corrected chi connectivity index (χ2v) is 7.79. The van der Waals surface area contributed by atoms with Crippen LogP contribution >= 0.6 is 0 Å². The first kappa shape index (κ1) is 17.9. The molecule has 0 unspecified atom stereocenters. The minimum atomic E-state index is -3.72. The van der Waals surface area contributed by atoms with Crippen molar-refractivity contribution in [2.45, 2.75) is 32.6 Å². The highest BCUT2D eigenvalue weighted by atomic mass is 32.2. The molecule has 0 amide bonds. The molecule has 2 aromatic heterocycles. The zero-order valence-electron chi connectivity index (χ0n) is 15.1. The van der Waals surface area contributed by atoms with Gasteiger partial charge in [0.25, 0.3) is 10.0 Å². The van der Waals surface area contributed by atoms with Crippen molar-refractivity contribution in [3.63, 3.8) is 0 Å². The number of aromatic nitrogens is 3. The van der Waals surface area contributed by atoms with Crippen molar-refractivity contribution in [1.82, 2.24) is 15.2 Å². The van der Waals surface area contributed by atoms with Crippen molar-refractivity contribution in [2.24, 2.45) is 0 Å². The molecule has 0 spiro atoms. The largest absolute Gasteiger partial charge is 0.340 e. The summed E-state index contributed by atoms with van der Waals surface area (Å²) in [5.74, 6) is 0.636. The van der Waals surface area contributed by atoms with E-state index in [1.165, 1.54) is 11.8 Å². The Morgan fingerprint density at radius 1 is 1.04 bits per heavy atom. The second-order valence-electron chi connectivity index (χ2n) is 6.17. The highest BCUT2D eigenvalue weighted by Crippen LogP contribution is 2.24. The molecule has 3 aromatic rings. The summed E-state index contributed by atoms with van der Waals surface area (Å²) in [5, 5.41) is 9.86. The molecular weight excluding hydrogens is 350 g/mol. The topological polar surface area (TPSA) is 99.8 Å². The van der Waals surface area contributed by atoms with Gasteiger partial charge in [0, 0.05) is 5.69 Å². The molecule has 0 aliphatic carbocycles. The van der Waals surface area contributed by atoms with Crippen molar-refractivity contribution in [3.05, 3.63) is 59.0 Å². The number of aromatic amines is 1. The molecule has 3 N–H and O–H groups in total. The standard InChI is InChI=1S/C18H21N5O2S/c1-11-6-5-7-16(12(11)2)20-17-9-8-15(10-19-17)23-26(24,25)18-13(3)21-22-14(18)4/h5-10,23H,1-4H3,(H,19,20)(H,21,22). The van der Waals surface area contributed by atoms with Gasteiger partial charge in [0.05, 0.1) is 23.3 Å². The quantitative estimate of drug-likeness (QED) is 0.636. The predicted molar refractivity (Wildman–Crippen MR) is 102 cm³/mol. The van der Waals surface area contributed by atoms with Gasteiger partial charge in [-0.3, -0.25) is 9.82 Å². The van der Waals surface area contributed by atoms with Gasteiger partial charge in [-0.2, -0.15) is 5.10 Å². The molecule has 0 saturated heterocycles. The summed E-state index contributed by atoms with van der Waals surface area (Å²) in [4.78, 5) is 4.46. The Balaban J connectivity index is 1.79. The number of hydrogen-bond acceptors (Lipinski definition) is 5. The van der Waals surface area contributed by atoms with E-state index >= 15 is 0 Å². The summed E-state index contributed by atoms with van der Waals surface area (Å²) in [6.45, 7) is 7.40. The van der Waals surface area contributed by atoms with Crippen molar-refractivity contribution in [1.29, 1.82) is 0 Å². The number of pyridine rings is 1. The van der Waals surface area contributed by atoms with E-state index in [0.29, 0.717) is 22.9 Å². The van der Waals surface area contributed by atoms with Gasteiger partial charge < -0.3 is 5.32 Å². The first-order valence-electron chi connectivity index (χ1n) is 8.11. The minimum absolute atomic E-state index is 0.162. The Hall–Kier alpha value is -2.87. The molecule has 0 aliphatic heterocycles. The lowest BCUT2D eigenvalue weighted by Crippen LogP contribution is -2.14. The number of nitrogens with zero attached hydrogens (tertiary/aromatic N) is 2. The van der Waals surface area contributed by atoms with Crippen molar-refractivity contribution in [2.75, 3.05) is 10.0 Å². The monoisotopic (exact) mass is 371 g/mol. The molecule has 0 bridgehead atoms. The van der Waals surface area contributed by atoms with Gasteiger partial charge >= 0.3 is 0 Å². The number of hydrogen-bond donors (Lipinski definition) is 3. The van der Waals surface area contributed by atoms with E-state index in [2.05, 4.69) is 25.2 Å². The summed E-state index contributed by atoms with van der Waals surface area (Å²) in [5.41, 5.74) is 4.61. The van der Waals surface area contributed by atoms with Gasteiger partial charge in [0.2, 0.25) is 0 Å². The number of benzene rings is 1. The summed E-state index contributed by atoms with van der Waals surface area (Å²) in [7, 11) is -3.72. The fourth-order valence-electron chi connectivity index (χ4n) is 2.70. The van der Waals surface area contributed by atoms with Crippen LogP contribution in [0.3, 0.4) is 0 Å². The van der Waals surface area contributed by atoms with Crippen LogP contribution in [0.5, 0.6) is 0 Å². The first-order valence-corrected chi connectivity index (χ1v) is 9.60.